The topological polar surface area (TPSA) is 38.3 Å². The summed E-state index contributed by atoms with van der Waals surface area (Å²) >= 11 is 0. The Morgan fingerprint density at radius 1 is 1.14 bits per heavy atom. The zero-order chi connectivity index (χ0) is 15.2. The zero-order valence-corrected chi connectivity index (χ0v) is 11.5. The number of benzene rings is 2. The highest BCUT2D eigenvalue weighted by atomic mass is 19.1. The third kappa shape index (κ3) is 4.02. The molecular weight excluding hydrogens is 276 g/mol. The monoisotopic (exact) mass is 291 g/mol. The second-order valence-electron chi connectivity index (χ2n) is 4.44. The molecule has 21 heavy (non-hydrogen) atoms. The first-order valence-corrected chi connectivity index (χ1v) is 6.57. The Kier molecular flexibility index (Phi) is 4.87. The number of para-hydroxylation sites is 1. The molecule has 0 saturated heterocycles. The molecule has 0 aliphatic rings. The van der Waals surface area contributed by atoms with Gasteiger partial charge in [-0.15, -0.1) is 0 Å². The van der Waals surface area contributed by atoms with Crippen LogP contribution in [0.4, 0.5) is 14.5 Å². The van der Waals surface area contributed by atoms with Crippen LogP contribution < -0.4 is 10.1 Å². The van der Waals surface area contributed by atoms with Crippen molar-refractivity contribution in [3.8, 4) is 5.75 Å². The Hall–Kier alpha value is -2.43. The first-order valence-electron chi connectivity index (χ1n) is 6.57. The van der Waals surface area contributed by atoms with Gasteiger partial charge in [-0.1, -0.05) is 19.1 Å². The smallest absolute Gasteiger partial charge is 0.265 e. The molecule has 1 atom stereocenters. The standard InChI is InChI=1S/C16H15F2NO2/c1-2-15(21-12-9-7-11(17)8-10-12)16(20)19-14-6-4-3-5-13(14)18/h3-10,15H,2H2,1H3,(H,19,20)/t15-/m1/s1. The van der Waals surface area contributed by atoms with Crippen LogP contribution in [0.3, 0.4) is 0 Å². The zero-order valence-electron chi connectivity index (χ0n) is 11.5. The van der Waals surface area contributed by atoms with E-state index in [9.17, 15) is 13.6 Å². The summed E-state index contributed by atoms with van der Waals surface area (Å²) in [4.78, 5) is 12.1. The largest absolute Gasteiger partial charge is 0.481 e. The third-order valence-corrected chi connectivity index (χ3v) is 2.89. The first kappa shape index (κ1) is 15.0. The van der Waals surface area contributed by atoms with E-state index in [0.29, 0.717) is 12.2 Å². The van der Waals surface area contributed by atoms with Gasteiger partial charge in [0, 0.05) is 0 Å². The molecule has 110 valence electrons. The van der Waals surface area contributed by atoms with Crippen molar-refractivity contribution in [2.24, 2.45) is 0 Å². The fraction of sp³-hybridized carbons (Fsp3) is 0.188. The van der Waals surface area contributed by atoms with E-state index in [1.54, 1.807) is 13.0 Å². The number of nitrogens with one attached hydrogen (secondary N) is 1. The molecule has 1 amide bonds. The average molecular weight is 291 g/mol. The van der Waals surface area contributed by atoms with Gasteiger partial charge in [-0.2, -0.15) is 0 Å². The number of amides is 1. The molecule has 0 bridgehead atoms. The Balaban J connectivity index is 2.05. The Morgan fingerprint density at radius 2 is 1.81 bits per heavy atom. The van der Waals surface area contributed by atoms with E-state index in [4.69, 9.17) is 4.74 Å². The van der Waals surface area contributed by atoms with Gasteiger partial charge in [-0.05, 0) is 42.8 Å². The van der Waals surface area contributed by atoms with Crippen LogP contribution in [0.15, 0.2) is 48.5 Å². The van der Waals surface area contributed by atoms with Crippen LogP contribution >= 0.6 is 0 Å². The van der Waals surface area contributed by atoms with Crippen molar-refractivity contribution in [1.82, 2.24) is 0 Å². The van der Waals surface area contributed by atoms with Crippen molar-refractivity contribution in [2.75, 3.05) is 5.32 Å². The van der Waals surface area contributed by atoms with E-state index in [2.05, 4.69) is 5.32 Å². The maximum absolute atomic E-state index is 13.5. The summed E-state index contributed by atoms with van der Waals surface area (Å²) < 4.78 is 31.8. The lowest BCUT2D eigenvalue weighted by molar-refractivity contribution is -0.122. The molecule has 5 heteroatoms. The molecule has 0 aliphatic heterocycles. The quantitative estimate of drug-likeness (QED) is 0.911. The molecule has 0 aliphatic carbocycles. The number of anilines is 1. The van der Waals surface area contributed by atoms with E-state index < -0.39 is 17.8 Å². The maximum Gasteiger partial charge on any atom is 0.265 e. The number of hydrogen-bond acceptors (Lipinski definition) is 2. The van der Waals surface area contributed by atoms with Crippen LogP contribution in [0.2, 0.25) is 0 Å². The van der Waals surface area contributed by atoms with Gasteiger partial charge in [0.1, 0.15) is 17.4 Å². The van der Waals surface area contributed by atoms with E-state index in [-0.39, 0.29) is 11.5 Å². The Labute approximate surface area is 121 Å². The summed E-state index contributed by atoms with van der Waals surface area (Å²) in [6.45, 7) is 1.77. The highest BCUT2D eigenvalue weighted by Crippen LogP contribution is 2.17. The Morgan fingerprint density at radius 3 is 2.43 bits per heavy atom. The molecule has 0 fully saturated rings. The van der Waals surface area contributed by atoms with Crippen LogP contribution in [0.1, 0.15) is 13.3 Å². The lowest BCUT2D eigenvalue weighted by Gasteiger charge is -2.17. The van der Waals surface area contributed by atoms with Gasteiger partial charge in [0.05, 0.1) is 5.69 Å². The van der Waals surface area contributed by atoms with Gasteiger partial charge in [0.15, 0.2) is 6.10 Å². The normalized spacial score (nSPS) is 11.8. The molecule has 0 heterocycles. The summed E-state index contributed by atoms with van der Waals surface area (Å²) in [5.74, 6) is -0.965. The van der Waals surface area contributed by atoms with Crippen LogP contribution in [-0.2, 0) is 4.79 Å². The average Bonchev–Trinajstić information content (AvgIpc) is 2.49. The predicted molar refractivity (Wildman–Crippen MR) is 76.1 cm³/mol. The fourth-order valence-corrected chi connectivity index (χ4v) is 1.78. The highest BCUT2D eigenvalue weighted by Gasteiger charge is 2.19. The molecular formula is C16H15F2NO2. The lowest BCUT2D eigenvalue weighted by atomic mass is 10.2. The van der Waals surface area contributed by atoms with Gasteiger partial charge in [-0.25, -0.2) is 8.78 Å². The van der Waals surface area contributed by atoms with Gasteiger partial charge in [0.25, 0.3) is 5.91 Å². The SMILES string of the molecule is CC[C@@H](Oc1ccc(F)cc1)C(=O)Nc1ccccc1F. The van der Waals surface area contributed by atoms with E-state index in [1.807, 2.05) is 0 Å². The number of rotatable bonds is 5. The van der Waals surface area contributed by atoms with Gasteiger partial charge in [-0.3, -0.25) is 4.79 Å². The summed E-state index contributed by atoms with van der Waals surface area (Å²) in [5, 5.41) is 2.48. The molecule has 1 N–H and O–H groups in total. The number of ether oxygens (including phenoxy) is 1. The first-order chi connectivity index (χ1) is 10.1. The molecule has 2 aromatic rings. The molecule has 0 spiro atoms. The van der Waals surface area contributed by atoms with E-state index in [0.717, 1.165) is 0 Å². The molecule has 3 nitrogen and oxygen atoms in total. The summed E-state index contributed by atoms with van der Waals surface area (Å²) in [7, 11) is 0. The summed E-state index contributed by atoms with van der Waals surface area (Å²) in [6.07, 6.45) is -0.382. The molecule has 0 saturated carbocycles. The van der Waals surface area contributed by atoms with Crippen molar-refractivity contribution in [3.05, 3.63) is 60.2 Å². The summed E-state index contributed by atoms with van der Waals surface area (Å²) in [5.41, 5.74) is 0.101. The van der Waals surface area contributed by atoms with Crippen LogP contribution in [0.25, 0.3) is 0 Å². The second kappa shape index (κ2) is 6.83. The van der Waals surface area contributed by atoms with Crippen molar-refractivity contribution in [3.63, 3.8) is 0 Å². The second-order valence-corrected chi connectivity index (χ2v) is 4.44. The van der Waals surface area contributed by atoms with E-state index >= 15 is 0 Å². The molecule has 0 radical (unpaired) electrons. The molecule has 0 unspecified atom stereocenters. The van der Waals surface area contributed by atoms with Crippen LogP contribution in [-0.4, -0.2) is 12.0 Å². The van der Waals surface area contributed by atoms with Crippen LogP contribution in [0, 0.1) is 11.6 Å². The van der Waals surface area contributed by atoms with Gasteiger partial charge in [0.2, 0.25) is 0 Å². The molecule has 0 aromatic heterocycles. The molecule has 2 aromatic carbocycles. The number of carbonyl (C=O) groups is 1. The maximum atomic E-state index is 13.5. The van der Waals surface area contributed by atoms with Gasteiger partial charge < -0.3 is 10.1 Å². The minimum absolute atomic E-state index is 0.101. The Bertz CT molecular complexity index is 614. The lowest BCUT2D eigenvalue weighted by Crippen LogP contribution is -2.32. The number of halogens is 2. The fourth-order valence-electron chi connectivity index (χ4n) is 1.78. The van der Waals surface area contributed by atoms with Gasteiger partial charge >= 0.3 is 0 Å². The van der Waals surface area contributed by atoms with Crippen LogP contribution in [0.5, 0.6) is 5.75 Å². The van der Waals surface area contributed by atoms with Crippen molar-refractivity contribution in [1.29, 1.82) is 0 Å². The van der Waals surface area contributed by atoms with Crippen molar-refractivity contribution >= 4 is 11.6 Å². The predicted octanol–water partition coefficient (Wildman–Crippen LogP) is 3.76. The van der Waals surface area contributed by atoms with Crippen molar-refractivity contribution < 1.29 is 18.3 Å². The number of hydrogen-bond donors (Lipinski definition) is 1. The van der Waals surface area contributed by atoms with E-state index in [1.165, 1.54) is 42.5 Å². The summed E-state index contributed by atoms with van der Waals surface area (Å²) in [6, 6.07) is 11.3. The minimum Gasteiger partial charge on any atom is -0.481 e. The number of carbonyl (C=O) groups excluding carboxylic acids is 1. The van der Waals surface area contributed by atoms with Crippen molar-refractivity contribution in [2.45, 2.75) is 19.4 Å². The third-order valence-electron chi connectivity index (χ3n) is 2.89. The molecule has 2 rings (SSSR count). The highest BCUT2D eigenvalue weighted by molar-refractivity contribution is 5.94. The minimum atomic E-state index is -0.782.